The Morgan fingerprint density at radius 2 is 2.23 bits per heavy atom. The second kappa shape index (κ2) is 3.23. The number of hydrogen-bond acceptors (Lipinski definition) is 2. The van der Waals surface area contributed by atoms with Crippen LogP contribution in [0.3, 0.4) is 0 Å². The molecule has 0 amide bonds. The molecular weight excluding hydrogens is 162 g/mol. The van der Waals surface area contributed by atoms with Crippen molar-refractivity contribution in [3.05, 3.63) is 48.4 Å². The molecule has 2 heteroatoms. The molecule has 1 radical (unpaired) electrons. The van der Waals surface area contributed by atoms with Gasteiger partial charge in [0.1, 0.15) is 0 Å². The van der Waals surface area contributed by atoms with E-state index >= 15 is 0 Å². The molecule has 2 N–H and O–H groups in total. The number of rotatable bonds is 2. The largest absolute Gasteiger partial charge is 0.388 e. The third-order valence-corrected chi connectivity index (χ3v) is 2.32. The Morgan fingerprint density at radius 3 is 3.00 bits per heavy atom. The maximum absolute atomic E-state index is 9.61. The van der Waals surface area contributed by atoms with Crippen LogP contribution in [0.2, 0.25) is 0 Å². The zero-order valence-corrected chi connectivity index (χ0v) is 7.33. The smallest absolute Gasteiger partial charge is 0.0843 e. The van der Waals surface area contributed by atoms with E-state index in [4.69, 9.17) is 0 Å². The van der Waals surface area contributed by atoms with Crippen molar-refractivity contribution >= 4 is 5.69 Å². The molecule has 1 aliphatic rings. The van der Waals surface area contributed by atoms with Gasteiger partial charge >= 0.3 is 0 Å². The fraction of sp³-hybridized carbons (Fsp3) is 0.182. The van der Waals surface area contributed by atoms with Crippen molar-refractivity contribution in [2.24, 2.45) is 0 Å². The Hall–Kier alpha value is -1.28. The first-order valence-corrected chi connectivity index (χ1v) is 4.32. The van der Waals surface area contributed by atoms with E-state index < -0.39 is 6.10 Å². The van der Waals surface area contributed by atoms with Gasteiger partial charge in [-0.25, -0.2) is 0 Å². The summed E-state index contributed by atoms with van der Waals surface area (Å²) in [6, 6.07) is 7.98. The molecule has 67 valence electrons. The summed E-state index contributed by atoms with van der Waals surface area (Å²) in [5.41, 5.74) is 2.20. The van der Waals surface area contributed by atoms with Crippen LogP contribution < -0.4 is 5.32 Å². The second-order valence-corrected chi connectivity index (χ2v) is 3.10. The Morgan fingerprint density at radius 1 is 1.46 bits per heavy atom. The fourth-order valence-corrected chi connectivity index (χ4v) is 1.61. The lowest BCUT2D eigenvalue weighted by Gasteiger charge is -2.12. The second-order valence-electron chi connectivity index (χ2n) is 3.10. The summed E-state index contributed by atoms with van der Waals surface area (Å²) in [7, 11) is 0. The molecule has 0 spiro atoms. The Kier molecular flexibility index (Phi) is 2.07. The molecule has 1 aromatic carbocycles. The van der Waals surface area contributed by atoms with Gasteiger partial charge in [0.2, 0.25) is 0 Å². The molecule has 0 aliphatic carbocycles. The molecule has 0 saturated carbocycles. The van der Waals surface area contributed by atoms with Crippen LogP contribution in [0.5, 0.6) is 0 Å². The lowest BCUT2D eigenvalue weighted by atomic mass is 9.96. The average Bonchev–Trinajstić information content (AvgIpc) is 2.60. The van der Waals surface area contributed by atoms with E-state index in [9.17, 15) is 5.11 Å². The van der Waals surface area contributed by atoms with Gasteiger partial charge in [0.05, 0.1) is 12.0 Å². The van der Waals surface area contributed by atoms with Crippen LogP contribution in [0, 0.1) is 5.92 Å². The zero-order chi connectivity index (χ0) is 9.26. The van der Waals surface area contributed by atoms with Crippen LogP contribution in [0.1, 0.15) is 5.56 Å². The summed E-state index contributed by atoms with van der Waals surface area (Å²) in [5.74, 6) is 1.01. The third kappa shape index (κ3) is 1.33. The van der Waals surface area contributed by atoms with E-state index in [0.29, 0.717) is 6.54 Å². The van der Waals surface area contributed by atoms with Crippen molar-refractivity contribution in [1.82, 2.24) is 0 Å². The molecule has 1 heterocycles. The van der Waals surface area contributed by atoms with Gasteiger partial charge < -0.3 is 10.4 Å². The minimum atomic E-state index is -0.531. The number of benzene rings is 1. The molecule has 1 aromatic rings. The van der Waals surface area contributed by atoms with Crippen LogP contribution in [-0.4, -0.2) is 17.8 Å². The van der Waals surface area contributed by atoms with Crippen LogP contribution in [-0.2, 0) is 0 Å². The van der Waals surface area contributed by atoms with Crippen LogP contribution in [0.4, 0.5) is 5.69 Å². The van der Waals surface area contributed by atoms with Crippen molar-refractivity contribution in [2.75, 3.05) is 11.9 Å². The summed E-state index contributed by atoms with van der Waals surface area (Å²) in [4.78, 5) is 0. The molecule has 1 aliphatic heterocycles. The lowest BCUT2D eigenvalue weighted by molar-refractivity contribution is 0.242. The van der Waals surface area contributed by atoms with Crippen molar-refractivity contribution in [3.63, 3.8) is 0 Å². The number of hydrogen-bond donors (Lipinski definition) is 2. The van der Waals surface area contributed by atoms with Crippen molar-refractivity contribution in [1.29, 1.82) is 0 Å². The lowest BCUT2D eigenvalue weighted by Crippen LogP contribution is -2.18. The highest BCUT2D eigenvalue weighted by Crippen LogP contribution is 2.32. The van der Waals surface area contributed by atoms with E-state index in [-0.39, 0.29) is 0 Å². The number of nitrogens with one attached hydrogen (secondary N) is 1. The first-order valence-electron chi connectivity index (χ1n) is 4.32. The van der Waals surface area contributed by atoms with Gasteiger partial charge in [-0.05, 0) is 11.6 Å². The average molecular weight is 174 g/mol. The van der Waals surface area contributed by atoms with Crippen LogP contribution >= 0.6 is 0 Å². The van der Waals surface area contributed by atoms with Gasteiger partial charge in [-0.3, -0.25) is 0 Å². The number of anilines is 1. The van der Waals surface area contributed by atoms with E-state index in [2.05, 4.69) is 11.9 Å². The van der Waals surface area contributed by atoms with E-state index in [0.717, 1.165) is 17.2 Å². The van der Waals surface area contributed by atoms with Gasteiger partial charge in [-0.2, -0.15) is 0 Å². The number of aliphatic hydroxyl groups excluding tert-OH is 1. The van der Waals surface area contributed by atoms with Gasteiger partial charge in [0.15, 0.2) is 0 Å². The first-order chi connectivity index (χ1) is 6.33. The molecule has 2 nitrogen and oxygen atoms in total. The van der Waals surface area contributed by atoms with Crippen LogP contribution in [0.15, 0.2) is 36.9 Å². The van der Waals surface area contributed by atoms with Crippen LogP contribution in [0.25, 0.3) is 0 Å². The normalized spacial score (nSPS) is 17.6. The molecule has 2 rings (SSSR count). The maximum atomic E-state index is 9.61. The van der Waals surface area contributed by atoms with Gasteiger partial charge in [-0.1, -0.05) is 24.3 Å². The number of para-hydroxylation sites is 1. The molecule has 13 heavy (non-hydrogen) atoms. The molecule has 0 saturated heterocycles. The summed E-state index contributed by atoms with van der Waals surface area (Å²) >= 11 is 0. The molecule has 0 aromatic heterocycles. The standard InChI is InChI=1S/C11H12NO/c1-2-11(13)9-7-12-10-6-4-3-5-8(9)10/h2-6,11-13H,1,7H2. The molecule has 1 atom stereocenters. The monoisotopic (exact) mass is 174 g/mol. The minimum Gasteiger partial charge on any atom is -0.388 e. The summed E-state index contributed by atoms with van der Waals surface area (Å²) in [6.07, 6.45) is 1.02. The Bertz CT molecular complexity index is 322. The Balaban J connectivity index is 2.33. The molecule has 0 bridgehead atoms. The Labute approximate surface area is 77.9 Å². The predicted octanol–water partition coefficient (Wildman–Crippen LogP) is 1.58. The van der Waals surface area contributed by atoms with E-state index in [1.54, 1.807) is 6.08 Å². The topological polar surface area (TPSA) is 32.3 Å². The SMILES string of the molecule is C=CC(O)[C]1CNc2ccccc21. The third-order valence-electron chi connectivity index (χ3n) is 2.32. The van der Waals surface area contributed by atoms with E-state index in [1.807, 2.05) is 24.3 Å². The zero-order valence-electron chi connectivity index (χ0n) is 7.33. The van der Waals surface area contributed by atoms with Crippen molar-refractivity contribution in [3.8, 4) is 0 Å². The van der Waals surface area contributed by atoms with E-state index in [1.165, 1.54) is 0 Å². The van der Waals surface area contributed by atoms with Crippen molar-refractivity contribution in [2.45, 2.75) is 6.10 Å². The van der Waals surface area contributed by atoms with Gasteiger partial charge in [0, 0.05) is 12.2 Å². The quantitative estimate of drug-likeness (QED) is 0.667. The molecule has 1 unspecified atom stereocenters. The number of fused-ring (bicyclic) bond motifs is 1. The summed E-state index contributed by atoms with van der Waals surface area (Å²) in [5, 5.41) is 12.8. The minimum absolute atomic E-state index is 0.531. The van der Waals surface area contributed by atoms with Gasteiger partial charge in [0.25, 0.3) is 0 Å². The highest BCUT2D eigenvalue weighted by molar-refractivity contribution is 5.64. The highest BCUT2D eigenvalue weighted by Gasteiger charge is 2.26. The molecular formula is C11H12NO. The predicted molar refractivity (Wildman–Crippen MR) is 53.5 cm³/mol. The fourth-order valence-electron chi connectivity index (χ4n) is 1.61. The summed E-state index contributed by atoms with van der Waals surface area (Å²) < 4.78 is 0. The first kappa shape index (κ1) is 8.32. The number of aliphatic hydroxyl groups is 1. The van der Waals surface area contributed by atoms with Gasteiger partial charge in [-0.15, -0.1) is 6.58 Å². The van der Waals surface area contributed by atoms with Crippen molar-refractivity contribution < 1.29 is 5.11 Å². The maximum Gasteiger partial charge on any atom is 0.0843 e. The molecule has 0 fully saturated rings. The highest BCUT2D eigenvalue weighted by atomic mass is 16.3. The summed E-state index contributed by atoms with van der Waals surface area (Å²) in [6.45, 7) is 4.29.